The molecule has 2 rings (SSSR count). The smallest absolute Gasteiger partial charge is 0.338 e. The van der Waals surface area contributed by atoms with Gasteiger partial charge in [0.15, 0.2) is 0 Å². The second-order valence-corrected chi connectivity index (χ2v) is 7.02. The summed E-state index contributed by atoms with van der Waals surface area (Å²) in [4.78, 5) is 22.7. The van der Waals surface area contributed by atoms with E-state index in [2.05, 4.69) is 0 Å². The Hall–Kier alpha value is -2.47. The van der Waals surface area contributed by atoms with E-state index in [4.69, 9.17) is 9.84 Å². The fourth-order valence-electron chi connectivity index (χ4n) is 2.23. The van der Waals surface area contributed by atoms with Gasteiger partial charge in [0.25, 0.3) is 0 Å². The summed E-state index contributed by atoms with van der Waals surface area (Å²) in [6.07, 6.45) is 0.770. The van der Waals surface area contributed by atoms with E-state index in [9.17, 15) is 13.8 Å². The molecule has 0 saturated carbocycles. The van der Waals surface area contributed by atoms with Crippen molar-refractivity contribution in [3.63, 3.8) is 0 Å². The van der Waals surface area contributed by atoms with Crippen LogP contribution in [0.15, 0.2) is 48.5 Å². The lowest BCUT2D eigenvalue weighted by atomic mass is 10.1. The van der Waals surface area contributed by atoms with Crippen LogP contribution in [0.25, 0.3) is 0 Å². The Bertz CT molecular complexity index is 768. The van der Waals surface area contributed by atoms with Crippen molar-refractivity contribution in [1.29, 1.82) is 0 Å². The molecule has 0 fully saturated rings. The third-order valence-corrected chi connectivity index (χ3v) is 4.77. The molecule has 132 valence electrons. The van der Waals surface area contributed by atoms with Crippen LogP contribution in [0.5, 0.6) is 0 Å². The highest BCUT2D eigenvalue weighted by Crippen LogP contribution is 2.13. The first-order valence-electron chi connectivity index (χ1n) is 7.93. The van der Waals surface area contributed by atoms with Gasteiger partial charge in [0, 0.05) is 22.3 Å². The number of benzene rings is 2. The zero-order chi connectivity index (χ0) is 18.2. The molecule has 2 aromatic carbocycles. The maximum absolute atomic E-state index is 12.3. The molecule has 0 spiro atoms. The molecule has 1 atom stereocenters. The van der Waals surface area contributed by atoms with Gasteiger partial charge in [0.05, 0.1) is 17.7 Å². The van der Waals surface area contributed by atoms with E-state index in [1.807, 2.05) is 6.92 Å². The summed E-state index contributed by atoms with van der Waals surface area (Å²) in [5.41, 5.74) is 2.22. The summed E-state index contributed by atoms with van der Waals surface area (Å²) in [6.45, 7) is 2.32. The van der Waals surface area contributed by atoms with Crippen molar-refractivity contribution in [2.45, 2.75) is 24.9 Å². The molecule has 0 bridgehead atoms. The van der Waals surface area contributed by atoms with Gasteiger partial charge in [-0.15, -0.1) is 0 Å². The molecule has 6 heteroatoms. The summed E-state index contributed by atoms with van der Waals surface area (Å²) in [5, 5.41) is 8.99. The number of carbonyl (C=O) groups excluding carboxylic acids is 1. The maximum Gasteiger partial charge on any atom is 0.338 e. The highest BCUT2D eigenvalue weighted by atomic mass is 32.2. The van der Waals surface area contributed by atoms with Crippen LogP contribution < -0.4 is 0 Å². The SMILES string of the molecule is CCCOC(=O)c1ccc(CS(=O)Cc2cccc(C(=O)O)c2)cc1. The lowest BCUT2D eigenvalue weighted by Gasteiger charge is -2.06. The number of carboxylic acids is 1. The number of ether oxygens (including phenoxy) is 1. The largest absolute Gasteiger partial charge is 0.478 e. The highest BCUT2D eigenvalue weighted by molar-refractivity contribution is 7.83. The lowest BCUT2D eigenvalue weighted by molar-refractivity contribution is 0.0504. The summed E-state index contributed by atoms with van der Waals surface area (Å²) in [6, 6.07) is 13.3. The number of rotatable bonds is 8. The quantitative estimate of drug-likeness (QED) is 0.730. The monoisotopic (exact) mass is 360 g/mol. The molecule has 5 nitrogen and oxygen atoms in total. The topological polar surface area (TPSA) is 80.7 Å². The van der Waals surface area contributed by atoms with Gasteiger partial charge >= 0.3 is 11.9 Å². The fraction of sp³-hybridized carbons (Fsp3) is 0.263. The fourth-order valence-corrected chi connectivity index (χ4v) is 3.45. The van der Waals surface area contributed by atoms with Crippen LogP contribution in [0.2, 0.25) is 0 Å². The van der Waals surface area contributed by atoms with Gasteiger partial charge in [-0.1, -0.05) is 31.2 Å². The molecular weight excluding hydrogens is 340 g/mol. The van der Waals surface area contributed by atoms with Gasteiger partial charge in [0.2, 0.25) is 0 Å². The van der Waals surface area contributed by atoms with Gasteiger partial charge in [-0.25, -0.2) is 9.59 Å². The van der Waals surface area contributed by atoms with E-state index >= 15 is 0 Å². The van der Waals surface area contributed by atoms with Crippen LogP contribution in [0.4, 0.5) is 0 Å². The average molecular weight is 360 g/mol. The van der Waals surface area contributed by atoms with Crippen molar-refractivity contribution < 1.29 is 23.6 Å². The van der Waals surface area contributed by atoms with E-state index in [1.54, 1.807) is 36.4 Å². The Morgan fingerprint density at radius 1 is 1.00 bits per heavy atom. The Morgan fingerprint density at radius 2 is 1.68 bits per heavy atom. The summed E-state index contributed by atoms with van der Waals surface area (Å²) in [5.74, 6) is -0.749. The van der Waals surface area contributed by atoms with E-state index in [0.29, 0.717) is 17.9 Å². The number of hydrogen-bond acceptors (Lipinski definition) is 4. The molecule has 0 radical (unpaired) electrons. The Labute approximate surface area is 149 Å². The first kappa shape index (κ1) is 18.9. The number of esters is 1. The van der Waals surface area contributed by atoms with Crippen LogP contribution in [0.1, 0.15) is 45.2 Å². The van der Waals surface area contributed by atoms with Crippen LogP contribution in [0.3, 0.4) is 0 Å². The van der Waals surface area contributed by atoms with Gasteiger partial charge < -0.3 is 9.84 Å². The Morgan fingerprint density at radius 3 is 2.32 bits per heavy atom. The molecule has 0 aromatic heterocycles. The zero-order valence-corrected chi connectivity index (χ0v) is 14.8. The molecule has 25 heavy (non-hydrogen) atoms. The normalized spacial score (nSPS) is 11.7. The molecule has 0 amide bonds. The molecule has 0 aliphatic carbocycles. The van der Waals surface area contributed by atoms with Crippen LogP contribution >= 0.6 is 0 Å². The molecule has 0 aliphatic rings. The van der Waals surface area contributed by atoms with Crippen LogP contribution in [-0.2, 0) is 27.0 Å². The van der Waals surface area contributed by atoms with Gasteiger partial charge in [-0.2, -0.15) is 0 Å². The second-order valence-electron chi connectivity index (χ2n) is 5.57. The average Bonchev–Trinajstić information content (AvgIpc) is 2.60. The van der Waals surface area contributed by atoms with Crippen molar-refractivity contribution >= 4 is 22.7 Å². The molecule has 2 aromatic rings. The minimum absolute atomic E-state index is 0.185. The van der Waals surface area contributed by atoms with Crippen molar-refractivity contribution in [3.8, 4) is 0 Å². The molecule has 1 unspecified atom stereocenters. The lowest BCUT2D eigenvalue weighted by Crippen LogP contribution is -2.06. The third-order valence-electron chi connectivity index (χ3n) is 3.46. The van der Waals surface area contributed by atoms with Gasteiger partial charge in [0.1, 0.15) is 0 Å². The number of carbonyl (C=O) groups is 2. The molecule has 0 heterocycles. The first-order valence-corrected chi connectivity index (χ1v) is 9.41. The molecule has 0 saturated heterocycles. The summed E-state index contributed by atoms with van der Waals surface area (Å²) < 4.78 is 17.4. The number of hydrogen-bond donors (Lipinski definition) is 1. The Balaban J connectivity index is 1.95. The van der Waals surface area contributed by atoms with Crippen LogP contribution in [-0.4, -0.2) is 27.9 Å². The summed E-state index contributed by atoms with van der Waals surface area (Å²) >= 11 is 0. The van der Waals surface area contributed by atoms with E-state index in [0.717, 1.165) is 17.5 Å². The van der Waals surface area contributed by atoms with Crippen molar-refractivity contribution in [2.24, 2.45) is 0 Å². The van der Waals surface area contributed by atoms with Crippen molar-refractivity contribution in [3.05, 3.63) is 70.8 Å². The highest BCUT2D eigenvalue weighted by Gasteiger charge is 2.09. The second kappa shape index (κ2) is 9.13. The molecule has 0 aliphatic heterocycles. The van der Waals surface area contributed by atoms with Crippen LogP contribution in [0, 0.1) is 0 Å². The van der Waals surface area contributed by atoms with Crippen molar-refractivity contribution in [1.82, 2.24) is 0 Å². The number of aromatic carboxylic acids is 1. The molecule has 1 N–H and O–H groups in total. The maximum atomic E-state index is 12.3. The molecular formula is C19H20O5S. The van der Waals surface area contributed by atoms with Gasteiger partial charge in [-0.3, -0.25) is 4.21 Å². The third kappa shape index (κ3) is 5.83. The number of carboxylic acid groups (broad SMARTS) is 1. The zero-order valence-electron chi connectivity index (χ0n) is 13.9. The predicted molar refractivity (Wildman–Crippen MR) is 96.0 cm³/mol. The Kier molecular flexibility index (Phi) is 6.89. The van der Waals surface area contributed by atoms with E-state index < -0.39 is 16.8 Å². The minimum Gasteiger partial charge on any atom is -0.478 e. The van der Waals surface area contributed by atoms with Gasteiger partial charge in [-0.05, 0) is 41.8 Å². The summed E-state index contributed by atoms with van der Waals surface area (Å²) in [7, 11) is -1.17. The van der Waals surface area contributed by atoms with Crippen molar-refractivity contribution in [2.75, 3.05) is 6.61 Å². The van der Waals surface area contributed by atoms with E-state index in [-0.39, 0.29) is 17.3 Å². The van der Waals surface area contributed by atoms with E-state index in [1.165, 1.54) is 12.1 Å². The first-order chi connectivity index (χ1) is 12.0. The standard InChI is InChI=1S/C19H20O5S/c1-2-10-24-19(22)16-8-6-14(7-9-16)12-25(23)13-15-4-3-5-17(11-15)18(20)21/h3-9,11H,2,10,12-13H2,1H3,(H,20,21). The predicted octanol–water partition coefficient (Wildman–Crippen LogP) is 3.40. The minimum atomic E-state index is -1.17.